The van der Waals surface area contributed by atoms with Crippen LogP contribution in [0.5, 0.6) is 0 Å². The fourth-order valence-corrected chi connectivity index (χ4v) is 1.29. The maximum absolute atomic E-state index is 2.17. The van der Waals surface area contributed by atoms with Crippen molar-refractivity contribution in [2.45, 2.75) is 0 Å². The summed E-state index contributed by atoms with van der Waals surface area (Å²) in [6.45, 7) is 0. The molecule has 0 heterocycles. The van der Waals surface area contributed by atoms with Gasteiger partial charge in [0.2, 0.25) is 0 Å². The van der Waals surface area contributed by atoms with Crippen LogP contribution in [0.15, 0.2) is 60.7 Å². The van der Waals surface area contributed by atoms with E-state index in [1.54, 1.807) is 0 Å². The maximum Gasteiger partial charge on any atom is 0 e. The Morgan fingerprint density at radius 1 is 0.500 bits per heavy atom. The molecule has 0 aliphatic rings. The van der Waals surface area contributed by atoms with Crippen LogP contribution in [0.3, 0.4) is 0 Å². The molecule has 0 aromatic heterocycles. The van der Waals surface area contributed by atoms with Crippen LogP contribution < -0.4 is 10.9 Å². The molecule has 16 heavy (non-hydrogen) atoms. The predicted octanol–water partition coefficient (Wildman–Crippen LogP) is 1.33. The zero-order valence-electron chi connectivity index (χ0n) is 9.08. The molecule has 2 aromatic carbocycles. The van der Waals surface area contributed by atoms with Gasteiger partial charge >= 0.3 is 0 Å². The Morgan fingerprint density at radius 3 is 1.12 bits per heavy atom. The smallest absolute Gasteiger partial charge is 0 e. The van der Waals surface area contributed by atoms with Gasteiger partial charge in [0.25, 0.3) is 0 Å². The molecule has 71 valence electrons. The van der Waals surface area contributed by atoms with Crippen molar-refractivity contribution in [3.05, 3.63) is 60.7 Å². The van der Waals surface area contributed by atoms with E-state index in [2.05, 4.69) is 55.8 Å². The van der Waals surface area contributed by atoms with Gasteiger partial charge in [-0.1, -0.05) is 36.4 Å². The Morgan fingerprint density at radius 2 is 0.812 bits per heavy atom. The number of rotatable bonds is 2. The Labute approximate surface area is 174 Å². The molecule has 0 fully saturated rings. The van der Waals surface area contributed by atoms with E-state index in [9.17, 15) is 0 Å². The average Bonchev–Trinajstić information content (AvgIpc) is 2.21. The third kappa shape index (κ3) is 7.30. The second-order valence-corrected chi connectivity index (χ2v) is 2.97. The van der Waals surface area contributed by atoms with Gasteiger partial charge in [-0.2, -0.15) is 0 Å². The van der Waals surface area contributed by atoms with E-state index < -0.39 is 0 Å². The van der Waals surface area contributed by atoms with E-state index in [-0.39, 0.29) is 98.1 Å². The van der Waals surface area contributed by atoms with Crippen molar-refractivity contribution in [3.8, 4) is 0 Å². The second kappa shape index (κ2) is 11.9. The second-order valence-electron chi connectivity index (χ2n) is 2.97. The fourth-order valence-electron chi connectivity index (χ4n) is 1.29. The summed E-state index contributed by atoms with van der Waals surface area (Å²) >= 11 is 0. The van der Waals surface area contributed by atoms with Crippen LogP contribution in [0.2, 0.25) is 0 Å². The fraction of sp³-hybridized carbons (Fsp3) is 0. The summed E-state index contributed by atoms with van der Waals surface area (Å²) in [6.07, 6.45) is 0. The molecule has 4 heteroatoms. The van der Waals surface area contributed by atoms with Crippen LogP contribution in [0.1, 0.15) is 0 Å². The number of hydrogen-bond donors (Lipinski definition) is 0. The molecule has 0 saturated carbocycles. The van der Waals surface area contributed by atoms with Gasteiger partial charge in [-0.3, -0.25) is 18.2 Å². The van der Waals surface area contributed by atoms with Crippen LogP contribution in [0.25, 0.3) is 0 Å². The van der Waals surface area contributed by atoms with Gasteiger partial charge in [0.15, 0.2) is 0 Å². The Hall–Kier alpha value is 1.82. The molecular formula is C12H10BY3-. The largest absolute Gasteiger partial charge is 0.275 e. The summed E-state index contributed by atoms with van der Waals surface area (Å²) in [5.41, 5.74) is 2.49. The maximum atomic E-state index is 2.17. The molecule has 2 rings (SSSR count). The molecule has 5 radical (unpaired) electrons. The van der Waals surface area contributed by atoms with Crippen molar-refractivity contribution in [2.75, 3.05) is 0 Å². The summed E-state index contributed by atoms with van der Waals surface area (Å²) < 4.78 is 0. The first kappa shape index (κ1) is 20.1. The molecule has 0 bridgehead atoms. The molecular weight excluding hydrogens is 422 g/mol. The van der Waals surface area contributed by atoms with Crippen molar-refractivity contribution < 1.29 is 98.1 Å². The first-order valence-corrected chi connectivity index (χ1v) is 4.40. The SMILES string of the molecule is [B-](c1ccccc1)c1ccccc1.[Y].[Y].[Y]. The molecule has 0 N–H and O–H groups in total. The van der Waals surface area contributed by atoms with Crippen LogP contribution in [-0.4, -0.2) is 7.28 Å². The minimum atomic E-state index is 0. The zero-order chi connectivity index (χ0) is 8.93. The molecule has 0 aliphatic carbocycles. The van der Waals surface area contributed by atoms with Crippen molar-refractivity contribution >= 4 is 18.2 Å². The average molecular weight is 432 g/mol. The zero-order valence-corrected chi connectivity index (χ0v) is 17.6. The number of hydrogen-bond acceptors (Lipinski definition) is 0. The van der Waals surface area contributed by atoms with Gasteiger partial charge in [0, 0.05) is 98.1 Å². The molecule has 2 aromatic rings. The summed E-state index contributed by atoms with van der Waals surface area (Å²) in [5, 5.41) is 0. The normalized spacial score (nSPS) is 8.00. The molecule has 0 unspecified atom stereocenters. The summed E-state index contributed by atoms with van der Waals surface area (Å²) in [6, 6.07) is 20.7. The third-order valence-electron chi connectivity index (χ3n) is 1.93. The van der Waals surface area contributed by atoms with Crippen LogP contribution >= 0.6 is 0 Å². The Balaban J connectivity index is 0. The van der Waals surface area contributed by atoms with E-state index in [0.29, 0.717) is 0 Å². The van der Waals surface area contributed by atoms with E-state index in [0.717, 1.165) is 0 Å². The van der Waals surface area contributed by atoms with Crippen LogP contribution in [-0.2, 0) is 98.1 Å². The van der Waals surface area contributed by atoms with Gasteiger partial charge in [-0.25, -0.2) is 0 Å². The predicted molar refractivity (Wildman–Crippen MR) is 57.9 cm³/mol. The standard InChI is InChI=1S/C12H10B.3Y/c1-3-7-11(8-4-1)13-12-9-5-2-6-10-12;;;/h1-10H;;;/q-1;;;. The van der Waals surface area contributed by atoms with Gasteiger partial charge in [-0.15, -0.1) is 24.3 Å². The molecule has 0 atom stereocenters. The van der Waals surface area contributed by atoms with E-state index in [1.807, 2.05) is 12.1 Å². The van der Waals surface area contributed by atoms with E-state index in [4.69, 9.17) is 0 Å². The summed E-state index contributed by atoms with van der Waals surface area (Å²) in [4.78, 5) is 0. The first-order valence-electron chi connectivity index (χ1n) is 4.40. The minimum Gasteiger partial charge on any atom is -0.275 e. The minimum absolute atomic E-state index is 0. The van der Waals surface area contributed by atoms with E-state index in [1.165, 1.54) is 10.9 Å². The molecule has 0 spiro atoms. The van der Waals surface area contributed by atoms with Crippen LogP contribution in [0.4, 0.5) is 0 Å². The Kier molecular flexibility index (Phi) is 15.0. The third-order valence-corrected chi connectivity index (χ3v) is 1.93. The van der Waals surface area contributed by atoms with Gasteiger partial charge in [0.1, 0.15) is 0 Å². The molecule has 0 saturated heterocycles. The van der Waals surface area contributed by atoms with Crippen molar-refractivity contribution in [2.24, 2.45) is 0 Å². The molecule has 0 amide bonds. The van der Waals surface area contributed by atoms with Gasteiger partial charge in [-0.05, 0) is 0 Å². The van der Waals surface area contributed by atoms with E-state index >= 15 is 0 Å². The monoisotopic (exact) mass is 432 g/mol. The summed E-state index contributed by atoms with van der Waals surface area (Å²) in [7, 11) is 2.17. The first-order chi connectivity index (χ1) is 6.45. The number of benzene rings is 2. The molecule has 0 aliphatic heterocycles. The topological polar surface area (TPSA) is 0 Å². The summed E-state index contributed by atoms with van der Waals surface area (Å²) in [5.74, 6) is 0. The quantitative estimate of drug-likeness (QED) is 0.630. The van der Waals surface area contributed by atoms with Crippen molar-refractivity contribution in [3.63, 3.8) is 0 Å². The van der Waals surface area contributed by atoms with Gasteiger partial charge in [0.05, 0.1) is 0 Å². The van der Waals surface area contributed by atoms with Crippen LogP contribution in [0, 0.1) is 0 Å². The van der Waals surface area contributed by atoms with Gasteiger partial charge < -0.3 is 0 Å². The molecule has 0 nitrogen and oxygen atoms in total. The Bertz CT molecular complexity index is 327. The van der Waals surface area contributed by atoms with Crippen molar-refractivity contribution in [1.82, 2.24) is 0 Å². The van der Waals surface area contributed by atoms with Crippen molar-refractivity contribution in [1.29, 1.82) is 0 Å².